The van der Waals surface area contributed by atoms with Crippen LogP contribution in [0.3, 0.4) is 0 Å². The lowest BCUT2D eigenvalue weighted by Gasteiger charge is -2.30. The number of carbonyl (C=O) groups excluding carboxylic acids is 12. The maximum atomic E-state index is 14.6. The van der Waals surface area contributed by atoms with Gasteiger partial charge in [0.2, 0.25) is 70.9 Å². The molecule has 0 radical (unpaired) electrons. The molecule has 102 heavy (non-hydrogen) atoms. The van der Waals surface area contributed by atoms with Crippen molar-refractivity contribution in [3.8, 4) is 0 Å². The number of nitrogens with one attached hydrogen (secondary N) is 13. The Balaban J connectivity index is 2.48. The molecule has 2 rings (SSSR count). The van der Waals surface area contributed by atoms with Crippen LogP contribution in [0.2, 0.25) is 0 Å². The first-order valence-electron chi connectivity index (χ1n) is 34.1. The van der Waals surface area contributed by atoms with E-state index in [2.05, 4.69) is 117 Å². The van der Waals surface area contributed by atoms with E-state index in [4.69, 9.17) is 28.7 Å². The summed E-state index contributed by atoms with van der Waals surface area (Å²) in [4.78, 5) is 190. The summed E-state index contributed by atoms with van der Waals surface area (Å²) in [5, 5.41) is 41.9. The van der Waals surface area contributed by atoms with Crippen molar-refractivity contribution in [2.24, 2.45) is 62.3 Å². The smallest absolute Gasteiger partial charge is 0.327 e. The summed E-state index contributed by atoms with van der Waals surface area (Å²) in [5.74, 6) is -14.0. The highest BCUT2D eigenvalue weighted by Crippen LogP contribution is 2.21. The van der Waals surface area contributed by atoms with Gasteiger partial charge >= 0.3 is 5.97 Å². The maximum absolute atomic E-state index is 14.6. The Bertz CT molecular complexity index is 3200. The second-order valence-electron chi connectivity index (χ2n) is 26.0. The van der Waals surface area contributed by atoms with Gasteiger partial charge in [-0.25, -0.2) is 4.79 Å². The van der Waals surface area contributed by atoms with E-state index >= 15 is 0 Å². The molecule has 0 saturated heterocycles. The van der Waals surface area contributed by atoms with Crippen molar-refractivity contribution >= 4 is 138 Å². The van der Waals surface area contributed by atoms with Gasteiger partial charge in [-0.1, -0.05) is 80.0 Å². The molecule has 34 nitrogen and oxygen atoms in total. The van der Waals surface area contributed by atoms with E-state index in [0.29, 0.717) is 24.8 Å². The normalized spacial score (nSPS) is 15.1. The first-order valence-corrected chi connectivity index (χ1v) is 36.0. The molecule has 37 heteroatoms. The first-order chi connectivity index (χ1) is 48.0. The highest BCUT2D eigenvalue weighted by molar-refractivity contribution is 7.80. The SMILES string of the molecule is CC[C@H](C)[C@H](NC(=O)[C@H](CCCN=C(N)N)NC(=O)[C@H](CCCN=C(N)N)NC(=O)[C@H](CS)NC(=O)[C@H](CS)NC(C)=O)C(=O)N[C@@H](CCCCN)C(=O)N[C@H](C(=O)N[C@@H](C)C(=O)N[C@H](C(=O)N[C@@H](Cc1c[nH]c2ccccc12)C(=O)N[C@@H](CC(C)C)C(=O)N[C@@H](CS)C(=O)O)C(C)C)C(C)C. The fourth-order valence-electron chi connectivity index (χ4n) is 10.4. The number of aliphatic carboxylic acids is 1. The van der Waals surface area contributed by atoms with Gasteiger partial charge in [0, 0.05) is 60.8 Å². The summed E-state index contributed by atoms with van der Waals surface area (Å²) in [6.07, 6.45) is 2.73. The number of carbonyl (C=O) groups is 13. The molecule has 1 heterocycles. The first kappa shape index (κ1) is 89.5. The number of fused-ring (bicyclic) bond motifs is 1. The highest BCUT2D eigenvalue weighted by atomic mass is 32.1. The van der Waals surface area contributed by atoms with Crippen LogP contribution in [0, 0.1) is 23.7 Å². The van der Waals surface area contributed by atoms with Gasteiger partial charge in [0.1, 0.15) is 72.5 Å². The van der Waals surface area contributed by atoms with Crippen molar-refractivity contribution in [3.05, 3.63) is 36.0 Å². The molecule has 0 aliphatic carbocycles. The predicted octanol–water partition coefficient (Wildman–Crippen LogP) is -2.92. The van der Waals surface area contributed by atoms with Gasteiger partial charge in [-0.3, -0.25) is 67.5 Å². The number of hydrogen-bond donors (Lipinski definition) is 22. The fraction of sp³-hybridized carbons (Fsp3) is 0.646. The number of H-pyrrole nitrogens is 1. The zero-order valence-corrected chi connectivity index (χ0v) is 62.5. The summed E-state index contributed by atoms with van der Waals surface area (Å²) in [7, 11) is 0. The Kier molecular flexibility index (Phi) is 40.5. The minimum atomic E-state index is -1.42. The molecule has 2 aromatic rings. The van der Waals surface area contributed by atoms with E-state index < -0.39 is 167 Å². The topological polar surface area (TPSA) is 557 Å². The zero-order chi connectivity index (χ0) is 77.1. The van der Waals surface area contributed by atoms with E-state index in [-0.39, 0.29) is 99.7 Å². The molecule has 0 aliphatic rings. The number of para-hydroxylation sites is 1. The molecular weight excluding hydrogens is 1380 g/mol. The number of rotatable bonds is 47. The minimum Gasteiger partial charge on any atom is -0.480 e. The number of unbranched alkanes of at least 4 members (excludes halogenated alkanes) is 1. The van der Waals surface area contributed by atoms with Crippen LogP contribution in [0.15, 0.2) is 40.4 Å². The maximum Gasteiger partial charge on any atom is 0.327 e. The van der Waals surface area contributed by atoms with Crippen molar-refractivity contribution in [1.29, 1.82) is 0 Å². The number of carboxylic acids is 1. The average molecular weight is 1490 g/mol. The van der Waals surface area contributed by atoms with Gasteiger partial charge in [-0.15, -0.1) is 0 Å². The number of nitrogens with zero attached hydrogens (tertiary/aromatic N) is 2. The Morgan fingerprint density at radius 3 is 1.33 bits per heavy atom. The minimum absolute atomic E-state index is 0.00419. The van der Waals surface area contributed by atoms with Crippen LogP contribution in [0.1, 0.15) is 133 Å². The van der Waals surface area contributed by atoms with Crippen molar-refractivity contribution in [1.82, 2.24) is 68.8 Å². The Morgan fingerprint density at radius 1 is 0.471 bits per heavy atom. The fourth-order valence-corrected chi connectivity index (χ4v) is 11.1. The van der Waals surface area contributed by atoms with Crippen LogP contribution < -0.4 is 92.5 Å². The van der Waals surface area contributed by atoms with Gasteiger partial charge in [0.15, 0.2) is 11.9 Å². The van der Waals surface area contributed by atoms with Gasteiger partial charge in [0.25, 0.3) is 0 Å². The number of thiol groups is 3. The summed E-state index contributed by atoms with van der Waals surface area (Å²) in [6.45, 7) is 16.4. The van der Waals surface area contributed by atoms with Gasteiger partial charge in [-0.05, 0) is 100 Å². The molecule has 0 spiro atoms. The molecule has 0 bridgehead atoms. The van der Waals surface area contributed by atoms with Crippen LogP contribution >= 0.6 is 37.9 Å². The second-order valence-corrected chi connectivity index (χ2v) is 27.1. The molecule has 0 saturated carbocycles. The number of benzene rings is 1. The van der Waals surface area contributed by atoms with Crippen molar-refractivity contribution in [3.63, 3.8) is 0 Å². The molecule has 1 aromatic carbocycles. The van der Waals surface area contributed by atoms with Crippen LogP contribution in [0.25, 0.3) is 10.9 Å². The van der Waals surface area contributed by atoms with Crippen molar-refractivity contribution in [2.75, 3.05) is 36.9 Å². The molecule has 0 unspecified atom stereocenters. The number of aromatic amines is 1. The Labute approximate surface area is 612 Å². The zero-order valence-electron chi connectivity index (χ0n) is 59.8. The van der Waals surface area contributed by atoms with Crippen molar-refractivity contribution in [2.45, 2.75) is 206 Å². The van der Waals surface area contributed by atoms with Gasteiger partial charge in [-0.2, -0.15) is 37.9 Å². The van der Waals surface area contributed by atoms with E-state index in [9.17, 15) is 67.4 Å². The number of nitrogens with two attached hydrogens (primary N) is 5. The number of carboxylic acid groups (broad SMARTS) is 1. The van der Waals surface area contributed by atoms with Gasteiger partial charge in [0.05, 0.1) is 0 Å². The van der Waals surface area contributed by atoms with Crippen molar-refractivity contribution < 1.29 is 67.4 Å². The molecule has 0 aliphatic heterocycles. The summed E-state index contributed by atoms with van der Waals surface area (Å²) < 4.78 is 0. The monoisotopic (exact) mass is 1490 g/mol. The Hall–Kier alpha value is -8.58. The van der Waals surface area contributed by atoms with E-state index in [1.807, 2.05) is 18.2 Å². The van der Waals surface area contributed by atoms with Crippen LogP contribution in [0.5, 0.6) is 0 Å². The highest BCUT2D eigenvalue weighted by Gasteiger charge is 2.38. The molecule has 13 atom stereocenters. The van der Waals surface area contributed by atoms with E-state index in [1.165, 1.54) is 13.8 Å². The van der Waals surface area contributed by atoms with Crippen LogP contribution in [-0.2, 0) is 68.7 Å². The lowest BCUT2D eigenvalue weighted by molar-refractivity contribution is -0.141. The lowest BCUT2D eigenvalue weighted by atomic mass is 9.96. The third-order valence-corrected chi connectivity index (χ3v) is 17.4. The predicted molar refractivity (Wildman–Crippen MR) is 397 cm³/mol. The van der Waals surface area contributed by atoms with E-state index in [1.54, 1.807) is 67.7 Å². The van der Waals surface area contributed by atoms with E-state index in [0.717, 1.165) is 10.9 Å². The molecule has 1 aromatic heterocycles. The molecule has 572 valence electrons. The summed E-state index contributed by atoms with van der Waals surface area (Å²) >= 11 is 12.4. The third-order valence-electron chi connectivity index (χ3n) is 16.3. The number of guanidine groups is 2. The summed E-state index contributed by atoms with van der Waals surface area (Å²) in [6, 6.07) is -8.68. The molecule has 24 N–H and O–H groups in total. The average Bonchev–Trinajstić information content (AvgIpc) is 1.64. The molecular formula is C65H110N20O14S3. The number of amides is 12. The van der Waals surface area contributed by atoms with Gasteiger partial charge < -0.3 is 103 Å². The number of aromatic nitrogens is 1. The third kappa shape index (κ3) is 31.3. The van der Waals surface area contributed by atoms with Crippen LogP contribution in [-0.4, -0.2) is 208 Å². The number of aliphatic imine (C=N–C) groups is 2. The quantitative estimate of drug-likeness (QED) is 0.0137. The summed E-state index contributed by atoms with van der Waals surface area (Å²) in [5.41, 5.74) is 29.4. The lowest BCUT2D eigenvalue weighted by Crippen LogP contribution is -2.62. The Morgan fingerprint density at radius 2 is 0.863 bits per heavy atom. The van der Waals surface area contributed by atoms with Crippen LogP contribution in [0.4, 0.5) is 0 Å². The molecule has 0 fully saturated rings. The molecule has 12 amide bonds. The standard InChI is InChI=1S/C65H110N20O14S3/c1-11-35(8)51(85-55(90)43(22-17-25-72-65(69)70)76-53(88)42(21-16-24-71-64(67)68)77-59(94)47(30-101)81-58(93)46(29-100)75-37(10)86)62(97)78-41(20-14-15-23-66)54(89)84-49(33(4)5)60(95)74-36(9)52(87)83-50(34(6)7)61(96)80-45(27-38-28-73-40-19-13-12-18-39(38)40)57(92)79-44(26-32(2)3)56(91)82-48(31-102)63(98)99/h12-13,18-19,28,32-36,41-51,73,100-102H,11,14-17,20-27,29-31,66H2,1-10H3,(H,74,95)(H,75,86)(H,76,88)(H,77,94)(H,78,97)(H,79,92)(H,80,96)(H,81,93)(H,82,91)(H,83,87)(H,84,89)(H,85,90)(H,98,99)(H4,67,68,71)(H4,69,70,72)/t35-,36-,41-,42-,43-,44-,45-,46-,47-,48-,49-,50-,51-/m0/s1. The number of hydrogen-bond acceptors (Lipinski definition) is 19. The second kappa shape index (κ2) is 46.1. The largest absolute Gasteiger partial charge is 0.480 e.